The maximum Gasteiger partial charge on any atom is 0.239 e. The molecule has 0 bridgehead atoms. The fraction of sp³-hybridized carbons (Fsp3) is 0.625. The van der Waals surface area contributed by atoms with Gasteiger partial charge >= 0.3 is 0 Å². The third-order valence-electron chi connectivity index (χ3n) is 3.03. The Labute approximate surface area is 128 Å². The molecule has 1 heterocycles. The molecule has 1 aromatic rings. The molecule has 0 saturated carbocycles. The Bertz CT molecular complexity index is 446. The predicted molar refractivity (Wildman–Crippen MR) is 87.4 cm³/mol. The van der Waals surface area contributed by atoms with Gasteiger partial charge in [0.25, 0.3) is 0 Å². The smallest absolute Gasteiger partial charge is 0.239 e. The summed E-state index contributed by atoms with van der Waals surface area (Å²) in [5, 5.41) is 6.32. The minimum Gasteiger partial charge on any atom is -0.352 e. The van der Waals surface area contributed by atoms with Crippen molar-refractivity contribution >= 4 is 11.7 Å². The highest BCUT2D eigenvalue weighted by Crippen LogP contribution is 2.16. The van der Waals surface area contributed by atoms with Crippen molar-refractivity contribution in [3.63, 3.8) is 0 Å². The van der Waals surface area contributed by atoms with Gasteiger partial charge in [0, 0.05) is 36.9 Å². The monoisotopic (exact) mass is 292 g/mol. The van der Waals surface area contributed by atoms with Crippen LogP contribution in [0.25, 0.3) is 0 Å². The van der Waals surface area contributed by atoms with E-state index < -0.39 is 0 Å². The zero-order chi connectivity index (χ0) is 15.8. The molecule has 1 aromatic heterocycles. The van der Waals surface area contributed by atoms with Crippen LogP contribution in [0.15, 0.2) is 18.3 Å². The molecule has 0 aliphatic carbocycles. The van der Waals surface area contributed by atoms with E-state index in [1.54, 1.807) is 6.20 Å². The van der Waals surface area contributed by atoms with E-state index in [1.165, 1.54) is 0 Å². The molecule has 1 rings (SSSR count). The van der Waals surface area contributed by atoms with Gasteiger partial charge in [-0.15, -0.1) is 0 Å². The lowest BCUT2D eigenvalue weighted by atomic mass is 10.2. The second-order valence-corrected chi connectivity index (χ2v) is 5.76. The normalized spacial score (nSPS) is 11.0. The highest BCUT2D eigenvalue weighted by molar-refractivity contribution is 5.81. The van der Waals surface area contributed by atoms with E-state index in [4.69, 9.17) is 0 Å². The topological polar surface area (TPSA) is 57.3 Å². The molecule has 21 heavy (non-hydrogen) atoms. The lowest BCUT2D eigenvalue weighted by Gasteiger charge is -2.24. The summed E-state index contributed by atoms with van der Waals surface area (Å²) in [5.74, 6) is 0.910. The number of rotatable bonds is 8. The molecule has 0 aliphatic heterocycles. The lowest BCUT2D eigenvalue weighted by molar-refractivity contribution is -0.120. The van der Waals surface area contributed by atoms with Gasteiger partial charge in [0.15, 0.2) is 0 Å². The van der Waals surface area contributed by atoms with Crippen molar-refractivity contribution in [3.05, 3.63) is 23.9 Å². The van der Waals surface area contributed by atoms with Gasteiger partial charge in [0.1, 0.15) is 5.82 Å². The first-order valence-corrected chi connectivity index (χ1v) is 7.65. The Morgan fingerprint density at radius 3 is 2.57 bits per heavy atom. The summed E-state index contributed by atoms with van der Waals surface area (Å²) in [6.07, 6.45) is 1.78. The van der Waals surface area contributed by atoms with Crippen molar-refractivity contribution in [1.29, 1.82) is 0 Å². The summed E-state index contributed by atoms with van der Waals surface area (Å²) in [6.45, 7) is 12.0. The zero-order valence-electron chi connectivity index (χ0n) is 13.8. The predicted octanol–water partition coefficient (Wildman–Crippen LogP) is 1.93. The molecule has 0 radical (unpaired) electrons. The molecule has 2 N–H and O–H groups in total. The molecule has 118 valence electrons. The number of hydrogen-bond donors (Lipinski definition) is 2. The van der Waals surface area contributed by atoms with Gasteiger partial charge in [0.05, 0.1) is 6.54 Å². The van der Waals surface area contributed by atoms with Crippen molar-refractivity contribution in [2.75, 3.05) is 18.0 Å². The summed E-state index contributed by atoms with van der Waals surface area (Å²) in [5.41, 5.74) is 1.12. The Hall–Kier alpha value is -1.62. The summed E-state index contributed by atoms with van der Waals surface area (Å²) >= 11 is 0. The molecule has 1 amide bonds. The van der Waals surface area contributed by atoms with Crippen molar-refractivity contribution < 1.29 is 4.79 Å². The second kappa shape index (κ2) is 8.62. The van der Waals surface area contributed by atoms with Crippen LogP contribution in [-0.4, -0.2) is 36.1 Å². The van der Waals surface area contributed by atoms with E-state index in [9.17, 15) is 4.79 Å². The minimum absolute atomic E-state index is 0.0280. The first-order valence-electron chi connectivity index (χ1n) is 7.65. The molecule has 0 fully saturated rings. The van der Waals surface area contributed by atoms with Crippen LogP contribution in [0.2, 0.25) is 0 Å². The van der Waals surface area contributed by atoms with E-state index in [0.717, 1.165) is 24.5 Å². The van der Waals surface area contributed by atoms with Crippen LogP contribution < -0.4 is 15.5 Å². The number of aromatic nitrogens is 1. The number of pyridine rings is 1. The molecule has 0 saturated heterocycles. The average molecular weight is 292 g/mol. The van der Waals surface area contributed by atoms with Gasteiger partial charge in [-0.1, -0.05) is 19.9 Å². The molecule has 0 aromatic carbocycles. The van der Waals surface area contributed by atoms with Gasteiger partial charge in [-0.3, -0.25) is 4.79 Å². The van der Waals surface area contributed by atoms with E-state index in [1.807, 2.05) is 31.7 Å². The van der Waals surface area contributed by atoms with Crippen molar-refractivity contribution in [2.24, 2.45) is 0 Å². The number of amides is 1. The SMILES string of the molecule is CCN(CC(=O)NC(C)C)c1ncccc1CNC(C)C. The number of nitrogens with one attached hydrogen (secondary N) is 2. The van der Waals surface area contributed by atoms with E-state index in [0.29, 0.717) is 12.6 Å². The fourth-order valence-electron chi connectivity index (χ4n) is 2.04. The number of carbonyl (C=O) groups is 1. The van der Waals surface area contributed by atoms with Gasteiger partial charge in [0.2, 0.25) is 5.91 Å². The van der Waals surface area contributed by atoms with Crippen LogP contribution in [0, 0.1) is 0 Å². The van der Waals surface area contributed by atoms with E-state index in [2.05, 4.69) is 35.5 Å². The summed E-state index contributed by atoms with van der Waals surface area (Å²) < 4.78 is 0. The number of hydrogen-bond acceptors (Lipinski definition) is 4. The Morgan fingerprint density at radius 2 is 2.00 bits per heavy atom. The van der Waals surface area contributed by atoms with Crippen LogP contribution in [-0.2, 0) is 11.3 Å². The maximum absolute atomic E-state index is 12.0. The molecule has 0 aliphatic rings. The number of anilines is 1. The van der Waals surface area contributed by atoms with Gasteiger partial charge < -0.3 is 15.5 Å². The van der Waals surface area contributed by atoms with Crippen LogP contribution in [0.5, 0.6) is 0 Å². The largest absolute Gasteiger partial charge is 0.352 e. The van der Waals surface area contributed by atoms with Gasteiger partial charge in [-0.05, 0) is 26.8 Å². The first kappa shape index (κ1) is 17.4. The summed E-state index contributed by atoms with van der Waals surface area (Å²) in [4.78, 5) is 18.5. The summed E-state index contributed by atoms with van der Waals surface area (Å²) in [7, 11) is 0. The molecular weight excluding hydrogens is 264 g/mol. The highest BCUT2D eigenvalue weighted by atomic mass is 16.2. The number of nitrogens with zero attached hydrogens (tertiary/aromatic N) is 2. The van der Waals surface area contributed by atoms with E-state index >= 15 is 0 Å². The maximum atomic E-state index is 12.0. The number of likely N-dealkylation sites (N-methyl/N-ethyl adjacent to an activating group) is 1. The third kappa shape index (κ3) is 6.12. The third-order valence-corrected chi connectivity index (χ3v) is 3.03. The van der Waals surface area contributed by atoms with Crippen molar-refractivity contribution in [3.8, 4) is 0 Å². The first-order chi connectivity index (χ1) is 9.93. The number of carbonyl (C=O) groups excluding carboxylic acids is 1. The Balaban J connectivity index is 2.82. The molecule has 0 unspecified atom stereocenters. The second-order valence-electron chi connectivity index (χ2n) is 5.76. The fourth-order valence-corrected chi connectivity index (χ4v) is 2.04. The zero-order valence-corrected chi connectivity index (χ0v) is 13.8. The lowest BCUT2D eigenvalue weighted by Crippen LogP contribution is -2.41. The highest BCUT2D eigenvalue weighted by Gasteiger charge is 2.15. The van der Waals surface area contributed by atoms with Crippen molar-refractivity contribution in [2.45, 2.75) is 53.2 Å². The van der Waals surface area contributed by atoms with Gasteiger partial charge in [-0.25, -0.2) is 4.98 Å². The van der Waals surface area contributed by atoms with Gasteiger partial charge in [-0.2, -0.15) is 0 Å². The summed E-state index contributed by atoms with van der Waals surface area (Å²) in [6, 6.07) is 4.56. The molecular formula is C16H28N4O. The molecule has 0 spiro atoms. The van der Waals surface area contributed by atoms with Crippen LogP contribution >= 0.6 is 0 Å². The average Bonchev–Trinajstić information content (AvgIpc) is 2.42. The Kier molecular flexibility index (Phi) is 7.15. The quantitative estimate of drug-likeness (QED) is 0.769. The Morgan fingerprint density at radius 1 is 1.29 bits per heavy atom. The minimum atomic E-state index is 0.0280. The van der Waals surface area contributed by atoms with E-state index in [-0.39, 0.29) is 11.9 Å². The van der Waals surface area contributed by atoms with Crippen LogP contribution in [0.3, 0.4) is 0 Å². The molecule has 5 nitrogen and oxygen atoms in total. The van der Waals surface area contributed by atoms with Crippen LogP contribution in [0.1, 0.15) is 40.2 Å². The molecule has 5 heteroatoms. The van der Waals surface area contributed by atoms with Crippen LogP contribution in [0.4, 0.5) is 5.82 Å². The van der Waals surface area contributed by atoms with Crippen molar-refractivity contribution in [1.82, 2.24) is 15.6 Å². The standard InChI is InChI=1S/C16H28N4O/c1-6-20(11-15(21)19-13(4)5)16-14(8-7-9-17-16)10-18-12(2)3/h7-9,12-13,18H,6,10-11H2,1-5H3,(H,19,21). The molecule has 0 atom stereocenters.